The highest BCUT2D eigenvalue weighted by atomic mass is 32.2. The average molecular weight is 486 g/mol. The zero-order valence-corrected chi connectivity index (χ0v) is 17.2. The molecule has 1 amide bonds. The van der Waals surface area contributed by atoms with E-state index in [0.29, 0.717) is 0 Å². The second kappa shape index (κ2) is 9.14. The van der Waals surface area contributed by atoms with Gasteiger partial charge in [0.15, 0.2) is 5.75 Å². The lowest BCUT2D eigenvalue weighted by molar-refractivity contribution is -0.304. The summed E-state index contributed by atoms with van der Waals surface area (Å²) in [5.41, 5.74) is -0.706. The Morgan fingerprint density at radius 3 is 2.19 bits per heavy atom. The highest BCUT2D eigenvalue weighted by Crippen LogP contribution is 2.39. The first-order valence-corrected chi connectivity index (χ1v) is 10.0. The Bertz CT molecular complexity index is 1090. The molecule has 1 atom stereocenters. The molecule has 0 spiro atoms. The minimum Gasteiger partial charge on any atom is -0.495 e. The molecule has 2 aromatic carbocycles. The molecule has 0 heterocycles. The van der Waals surface area contributed by atoms with Gasteiger partial charge in [0.05, 0.1) is 23.4 Å². The molecule has 0 saturated heterocycles. The highest BCUT2D eigenvalue weighted by molar-refractivity contribution is 7.92. The molecule has 14 heteroatoms. The number of benzene rings is 2. The molecule has 0 aliphatic carbocycles. The van der Waals surface area contributed by atoms with Crippen LogP contribution in [0.1, 0.15) is 6.92 Å². The lowest BCUT2D eigenvalue weighted by Crippen LogP contribution is -2.45. The van der Waals surface area contributed by atoms with Gasteiger partial charge in [-0.25, -0.2) is 12.8 Å². The van der Waals surface area contributed by atoms with Crippen LogP contribution in [0.25, 0.3) is 0 Å². The molecular formula is C18H16F6N2O5S. The number of ether oxygens (including phenoxy) is 2. The second-order valence-corrected chi connectivity index (χ2v) is 7.90. The van der Waals surface area contributed by atoms with Crippen molar-refractivity contribution < 1.29 is 49.0 Å². The van der Waals surface area contributed by atoms with E-state index in [-0.39, 0.29) is 11.4 Å². The number of hydrogen-bond acceptors (Lipinski definition) is 5. The summed E-state index contributed by atoms with van der Waals surface area (Å²) >= 11 is 0. The van der Waals surface area contributed by atoms with Gasteiger partial charge >= 0.3 is 12.3 Å². The van der Waals surface area contributed by atoms with Crippen molar-refractivity contribution in [2.24, 2.45) is 0 Å². The normalized spacial score (nSPS) is 13.2. The van der Waals surface area contributed by atoms with Crippen LogP contribution in [-0.4, -0.2) is 39.9 Å². The molecule has 32 heavy (non-hydrogen) atoms. The lowest BCUT2D eigenvalue weighted by Gasteiger charge is -2.24. The molecule has 0 aliphatic rings. The fourth-order valence-electron chi connectivity index (χ4n) is 2.37. The number of carbonyl (C=O) groups is 1. The third-order valence-corrected chi connectivity index (χ3v) is 5.11. The van der Waals surface area contributed by atoms with E-state index in [1.54, 1.807) is 0 Å². The number of hydrogen-bond donors (Lipinski definition) is 2. The van der Waals surface area contributed by atoms with Crippen LogP contribution in [0.4, 0.5) is 37.7 Å². The summed E-state index contributed by atoms with van der Waals surface area (Å²) in [7, 11) is -3.26. The topological polar surface area (TPSA) is 93.7 Å². The van der Waals surface area contributed by atoms with Crippen molar-refractivity contribution in [3.63, 3.8) is 0 Å². The summed E-state index contributed by atoms with van der Waals surface area (Å²) in [5, 5.41) is 2.34. The summed E-state index contributed by atoms with van der Waals surface area (Å²) in [6.07, 6.45) is -15.9. The third kappa shape index (κ3) is 5.96. The number of carbonyl (C=O) groups excluding carboxylic acids is 1. The number of sulfonamides is 1. The van der Waals surface area contributed by atoms with Crippen molar-refractivity contribution in [2.45, 2.75) is 30.3 Å². The van der Waals surface area contributed by atoms with Crippen molar-refractivity contribution in [1.82, 2.24) is 0 Å². The van der Waals surface area contributed by atoms with Crippen LogP contribution in [0, 0.1) is 0 Å². The van der Waals surface area contributed by atoms with E-state index in [2.05, 4.69) is 10.1 Å². The van der Waals surface area contributed by atoms with E-state index in [0.717, 1.165) is 37.3 Å². The van der Waals surface area contributed by atoms with Crippen LogP contribution >= 0.6 is 0 Å². The maximum Gasteiger partial charge on any atom is 0.439 e. The molecule has 2 N–H and O–H groups in total. The van der Waals surface area contributed by atoms with Gasteiger partial charge in [-0.15, -0.1) is 0 Å². The molecule has 0 bridgehead atoms. The number of alkyl halides is 6. The van der Waals surface area contributed by atoms with E-state index in [1.807, 2.05) is 4.72 Å². The first-order chi connectivity index (χ1) is 14.7. The predicted octanol–water partition coefficient (Wildman–Crippen LogP) is 4.33. The summed E-state index contributed by atoms with van der Waals surface area (Å²) in [6.45, 7) is 1.16. The van der Waals surface area contributed by atoms with Crippen molar-refractivity contribution in [1.29, 1.82) is 0 Å². The first-order valence-electron chi connectivity index (χ1n) is 8.52. The van der Waals surface area contributed by atoms with Gasteiger partial charge in [-0.2, -0.15) is 22.0 Å². The fourth-order valence-corrected chi connectivity index (χ4v) is 3.47. The Labute approximate surface area is 178 Å². The minimum atomic E-state index is -5.92. The number of halogens is 6. The number of methoxy groups -OCH3 is 1. The molecule has 176 valence electrons. The molecule has 0 aromatic heterocycles. The van der Waals surface area contributed by atoms with Crippen molar-refractivity contribution in [3.8, 4) is 11.5 Å². The Hall–Kier alpha value is -3.16. The zero-order valence-electron chi connectivity index (χ0n) is 16.3. The van der Waals surface area contributed by atoms with Gasteiger partial charge in [0.2, 0.25) is 5.91 Å². The van der Waals surface area contributed by atoms with Crippen molar-refractivity contribution in [3.05, 3.63) is 42.5 Å². The highest BCUT2D eigenvalue weighted by Gasteiger charge is 2.59. The summed E-state index contributed by atoms with van der Waals surface area (Å²) < 4.78 is 114. The Balaban J connectivity index is 2.39. The quantitative estimate of drug-likeness (QED) is 0.542. The van der Waals surface area contributed by atoms with Gasteiger partial charge in [-0.1, -0.05) is 12.1 Å². The number of anilines is 2. The number of rotatable bonds is 8. The molecule has 0 fully saturated rings. The van der Waals surface area contributed by atoms with Crippen molar-refractivity contribution in [2.75, 3.05) is 17.1 Å². The lowest BCUT2D eigenvalue weighted by atomic mass is 10.3. The van der Waals surface area contributed by atoms with Crippen LogP contribution in [-0.2, 0) is 14.8 Å². The van der Waals surface area contributed by atoms with E-state index in [9.17, 15) is 39.6 Å². The smallest absolute Gasteiger partial charge is 0.439 e. The number of para-hydroxylation sites is 2. The largest absolute Gasteiger partial charge is 0.495 e. The van der Waals surface area contributed by atoms with Crippen LogP contribution in [0.15, 0.2) is 47.4 Å². The van der Waals surface area contributed by atoms with Crippen molar-refractivity contribution >= 4 is 27.3 Å². The molecular weight excluding hydrogens is 470 g/mol. The zero-order chi connectivity index (χ0) is 24.3. The van der Waals surface area contributed by atoms with Crippen LogP contribution in [0.3, 0.4) is 0 Å². The average Bonchev–Trinajstić information content (AvgIpc) is 2.67. The molecule has 0 unspecified atom stereocenters. The standard InChI is InChI=1S/C18H16F6N2O5S/c1-10(27)25-13-9-11(7-8-14(13)30-2)32(28,29)26-12-5-3-4-6-15(12)31-18(23,24)16(19)17(20,21)22/h3-9,16,26H,1-2H3,(H,25,27)/t16-/m0/s1. The third-order valence-electron chi connectivity index (χ3n) is 3.75. The first kappa shape index (κ1) is 25.1. The summed E-state index contributed by atoms with van der Waals surface area (Å²) in [4.78, 5) is 10.9. The SMILES string of the molecule is COc1ccc(S(=O)(=O)Nc2ccccc2OC(F)(F)[C@@H](F)C(F)(F)F)cc1NC(C)=O. The maximum atomic E-state index is 13.6. The van der Waals surface area contributed by atoms with E-state index >= 15 is 0 Å². The van der Waals surface area contributed by atoms with E-state index in [4.69, 9.17) is 4.74 Å². The molecule has 0 aliphatic heterocycles. The Morgan fingerprint density at radius 1 is 1.00 bits per heavy atom. The molecule has 2 rings (SSSR count). The van der Waals surface area contributed by atoms with Gasteiger partial charge in [0.25, 0.3) is 16.2 Å². The molecule has 7 nitrogen and oxygen atoms in total. The Morgan fingerprint density at radius 2 is 1.62 bits per heavy atom. The van der Waals surface area contributed by atoms with Crippen LogP contribution < -0.4 is 19.5 Å². The fraction of sp³-hybridized carbons (Fsp3) is 0.278. The summed E-state index contributed by atoms with van der Waals surface area (Å²) in [6, 6.07) is 7.15. The van der Waals surface area contributed by atoms with E-state index in [1.165, 1.54) is 19.2 Å². The Kier molecular flexibility index (Phi) is 7.17. The molecule has 0 radical (unpaired) electrons. The maximum absolute atomic E-state index is 13.6. The second-order valence-electron chi connectivity index (χ2n) is 6.21. The van der Waals surface area contributed by atoms with Gasteiger partial charge in [-0.05, 0) is 30.3 Å². The van der Waals surface area contributed by atoms with Gasteiger partial charge in [0, 0.05) is 6.92 Å². The van der Waals surface area contributed by atoms with Gasteiger partial charge in [-0.3, -0.25) is 9.52 Å². The van der Waals surface area contributed by atoms with Gasteiger partial charge in [0.1, 0.15) is 5.75 Å². The van der Waals surface area contributed by atoms with Gasteiger partial charge < -0.3 is 14.8 Å². The van der Waals surface area contributed by atoms with Crippen LogP contribution in [0.2, 0.25) is 0 Å². The van der Waals surface area contributed by atoms with E-state index < -0.39 is 50.7 Å². The summed E-state index contributed by atoms with van der Waals surface area (Å²) in [5.74, 6) is -1.48. The van der Waals surface area contributed by atoms with Crippen LogP contribution in [0.5, 0.6) is 11.5 Å². The monoisotopic (exact) mass is 486 g/mol. The number of amides is 1. The minimum absolute atomic E-state index is 0.0237. The molecule has 2 aromatic rings. The molecule has 0 saturated carbocycles. The predicted molar refractivity (Wildman–Crippen MR) is 101 cm³/mol. The number of nitrogens with one attached hydrogen (secondary N) is 2.